The summed E-state index contributed by atoms with van der Waals surface area (Å²) in [6.45, 7) is 4.55. The van der Waals surface area contributed by atoms with Crippen LogP contribution in [0, 0.1) is 0 Å². The van der Waals surface area contributed by atoms with E-state index in [9.17, 15) is 0 Å². The largest absolute Gasteiger partial charge is 0.490 e. The maximum atomic E-state index is 5.89. The van der Waals surface area contributed by atoms with Gasteiger partial charge in [0.2, 0.25) is 0 Å². The van der Waals surface area contributed by atoms with Gasteiger partial charge in [-0.25, -0.2) is 0 Å². The number of ether oxygens (including phenoxy) is 3. The van der Waals surface area contributed by atoms with E-state index in [1.54, 1.807) is 13.3 Å². The Labute approximate surface area is 115 Å². The molecule has 1 atom stereocenters. The molecule has 0 aromatic carbocycles. The highest BCUT2D eigenvalue weighted by Crippen LogP contribution is 2.14. The van der Waals surface area contributed by atoms with Crippen molar-refractivity contribution in [2.75, 3.05) is 33.5 Å². The molecule has 108 valence electrons. The van der Waals surface area contributed by atoms with Crippen LogP contribution in [-0.2, 0) is 9.47 Å². The number of pyridine rings is 1. The van der Waals surface area contributed by atoms with Crippen LogP contribution in [0.15, 0.2) is 18.3 Å². The molecule has 0 saturated carbocycles. The zero-order valence-corrected chi connectivity index (χ0v) is 11.8. The molecule has 19 heavy (non-hydrogen) atoms. The van der Waals surface area contributed by atoms with Crippen molar-refractivity contribution in [2.24, 2.45) is 5.73 Å². The van der Waals surface area contributed by atoms with Crippen LogP contribution in [0.4, 0.5) is 0 Å². The van der Waals surface area contributed by atoms with Gasteiger partial charge >= 0.3 is 0 Å². The Hall–Kier alpha value is -1.17. The van der Waals surface area contributed by atoms with E-state index in [2.05, 4.69) is 4.98 Å². The predicted octanol–water partition coefficient (Wildman–Crippen LogP) is 1.92. The molecule has 0 spiro atoms. The summed E-state index contributed by atoms with van der Waals surface area (Å²) >= 11 is 0. The first-order valence-electron chi connectivity index (χ1n) is 6.69. The van der Waals surface area contributed by atoms with E-state index in [1.165, 1.54) is 0 Å². The average molecular weight is 268 g/mol. The number of methoxy groups -OCH3 is 1. The highest BCUT2D eigenvalue weighted by molar-refractivity contribution is 5.21. The van der Waals surface area contributed by atoms with E-state index < -0.39 is 0 Å². The van der Waals surface area contributed by atoms with Gasteiger partial charge in [-0.1, -0.05) is 6.92 Å². The molecule has 5 nitrogen and oxygen atoms in total. The van der Waals surface area contributed by atoms with Gasteiger partial charge in [0.25, 0.3) is 0 Å². The Bertz CT molecular complexity index is 330. The van der Waals surface area contributed by atoms with Gasteiger partial charge in [-0.15, -0.1) is 0 Å². The standard InChI is InChI=1S/C14H24N2O3/c1-3-13(15)14-6-5-12(11-16-14)19-10-9-18-8-4-7-17-2/h5-6,11,13H,3-4,7-10,15H2,1-2H3/t13-/m1/s1. The van der Waals surface area contributed by atoms with Crippen molar-refractivity contribution < 1.29 is 14.2 Å². The van der Waals surface area contributed by atoms with Gasteiger partial charge in [0, 0.05) is 26.4 Å². The van der Waals surface area contributed by atoms with Crippen LogP contribution in [0.1, 0.15) is 31.5 Å². The number of rotatable bonds is 10. The Morgan fingerprint density at radius 3 is 2.68 bits per heavy atom. The zero-order chi connectivity index (χ0) is 13.9. The maximum absolute atomic E-state index is 5.89. The van der Waals surface area contributed by atoms with E-state index >= 15 is 0 Å². The number of nitrogens with two attached hydrogens (primary N) is 1. The molecule has 1 heterocycles. The molecule has 0 fully saturated rings. The Balaban J connectivity index is 2.16. The van der Waals surface area contributed by atoms with Gasteiger partial charge in [0.1, 0.15) is 12.4 Å². The molecule has 0 saturated heterocycles. The molecule has 0 unspecified atom stereocenters. The molecule has 0 aliphatic rings. The van der Waals surface area contributed by atoms with Crippen molar-refractivity contribution in [3.05, 3.63) is 24.0 Å². The Morgan fingerprint density at radius 1 is 1.21 bits per heavy atom. The zero-order valence-electron chi connectivity index (χ0n) is 11.8. The third-order valence-corrected chi connectivity index (χ3v) is 2.71. The summed E-state index contributed by atoms with van der Waals surface area (Å²) in [7, 11) is 1.68. The monoisotopic (exact) mass is 268 g/mol. The molecule has 2 N–H and O–H groups in total. The van der Waals surface area contributed by atoms with Gasteiger partial charge in [0.15, 0.2) is 0 Å². The lowest BCUT2D eigenvalue weighted by atomic mass is 10.1. The first-order valence-corrected chi connectivity index (χ1v) is 6.69. The minimum atomic E-state index is -0.00170. The van der Waals surface area contributed by atoms with Gasteiger partial charge < -0.3 is 19.9 Å². The molecular weight excluding hydrogens is 244 g/mol. The Kier molecular flexibility index (Phi) is 8.13. The molecule has 0 aliphatic heterocycles. The van der Waals surface area contributed by atoms with Crippen LogP contribution in [0.25, 0.3) is 0 Å². The van der Waals surface area contributed by atoms with Gasteiger partial charge in [-0.05, 0) is 25.0 Å². The van der Waals surface area contributed by atoms with Gasteiger partial charge in [-0.3, -0.25) is 4.98 Å². The molecule has 0 radical (unpaired) electrons. The van der Waals surface area contributed by atoms with E-state index in [1.807, 2.05) is 19.1 Å². The second kappa shape index (κ2) is 9.72. The molecule has 0 aliphatic carbocycles. The number of aromatic nitrogens is 1. The topological polar surface area (TPSA) is 66.6 Å². The SMILES string of the molecule is CC[C@@H](N)c1ccc(OCCOCCCOC)cn1. The molecular formula is C14H24N2O3. The number of hydrogen-bond donors (Lipinski definition) is 1. The van der Waals surface area contributed by atoms with Crippen molar-refractivity contribution in [3.63, 3.8) is 0 Å². The normalized spacial score (nSPS) is 12.4. The fourth-order valence-electron chi connectivity index (χ4n) is 1.53. The minimum absolute atomic E-state index is 0.00170. The van der Waals surface area contributed by atoms with E-state index in [0.717, 1.165) is 30.9 Å². The van der Waals surface area contributed by atoms with Crippen LogP contribution in [0.2, 0.25) is 0 Å². The summed E-state index contributed by atoms with van der Waals surface area (Å²) in [4.78, 5) is 4.28. The second-order valence-electron chi connectivity index (χ2n) is 4.24. The molecule has 1 aromatic rings. The Morgan fingerprint density at radius 2 is 2.05 bits per heavy atom. The predicted molar refractivity (Wildman–Crippen MR) is 74.3 cm³/mol. The number of hydrogen-bond acceptors (Lipinski definition) is 5. The highest BCUT2D eigenvalue weighted by Gasteiger charge is 2.04. The summed E-state index contributed by atoms with van der Waals surface area (Å²) < 4.78 is 15.8. The third kappa shape index (κ3) is 6.52. The van der Waals surface area contributed by atoms with Gasteiger partial charge in [-0.2, -0.15) is 0 Å². The molecule has 0 bridgehead atoms. The lowest BCUT2D eigenvalue weighted by Gasteiger charge is -2.10. The lowest BCUT2D eigenvalue weighted by Crippen LogP contribution is -2.11. The second-order valence-corrected chi connectivity index (χ2v) is 4.24. The minimum Gasteiger partial charge on any atom is -0.490 e. The van der Waals surface area contributed by atoms with Crippen LogP contribution in [0.5, 0.6) is 5.75 Å². The summed E-state index contributed by atoms with van der Waals surface area (Å²) in [5, 5.41) is 0. The fourth-order valence-corrected chi connectivity index (χ4v) is 1.53. The first-order chi connectivity index (χ1) is 9.27. The summed E-state index contributed by atoms with van der Waals surface area (Å²) in [5.74, 6) is 0.743. The molecule has 0 amide bonds. The molecule has 1 rings (SSSR count). The van der Waals surface area contributed by atoms with Crippen molar-refractivity contribution in [1.82, 2.24) is 4.98 Å². The van der Waals surface area contributed by atoms with Crippen LogP contribution >= 0.6 is 0 Å². The quantitative estimate of drug-likeness (QED) is 0.657. The third-order valence-electron chi connectivity index (χ3n) is 2.71. The summed E-state index contributed by atoms with van der Waals surface area (Å²) in [6.07, 6.45) is 3.49. The van der Waals surface area contributed by atoms with Crippen LogP contribution < -0.4 is 10.5 Å². The van der Waals surface area contributed by atoms with Crippen molar-refractivity contribution in [3.8, 4) is 5.75 Å². The highest BCUT2D eigenvalue weighted by atomic mass is 16.5. The first kappa shape index (κ1) is 15.9. The van der Waals surface area contributed by atoms with Gasteiger partial charge in [0.05, 0.1) is 18.5 Å². The van der Waals surface area contributed by atoms with Crippen molar-refractivity contribution >= 4 is 0 Å². The van der Waals surface area contributed by atoms with Crippen molar-refractivity contribution in [1.29, 1.82) is 0 Å². The van der Waals surface area contributed by atoms with Crippen LogP contribution in [-0.4, -0.2) is 38.5 Å². The van der Waals surface area contributed by atoms with Crippen molar-refractivity contribution in [2.45, 2.75) is 25.8 Å². The molecule has 1 aromatic heterocycles. The van der Waals surface area contributed by atoms with E-state index in [-0.39, 0.29) is 6.04 Å². The average Bonchev–Trinajstić information content (AvgIpc) is 2.46. The number of nitrogens with zero attached hydrogens (tertiary/aromatic N) is 1. The van der Waals surface area contributed by atoms with E-state index in [0.29, 0.717) is 19.8 Å². The van der Waals surface area contributed by atoms with Crippen LogP contribution in [0.3, 0.4) is 0 Å². The smallest absolute Gasteiger partial charge is 0.137 e. The molecule has 5 heteroatoms. The lowest BCUT2D eigenvalue weighted by molar-refractivity contribution is 0.0805. The fraction of sp³-hybridized carbons (Fsp3) is 0.643. The summed E-state index contributed by atoms with van der Waals surface area (Å²) in [6, 6.07) is 3.80. The summed E-state index contributed by atoms with van der Waals surface area (Å²) in [5.41, 5.74) is 6.78. The maximum Gasteiger partial charge on any atom is 0.137 e. The van der Waals surface area contributed by atoms with E-state index in [4.69, 9.17) is 19.9 Å².